The number of carbonyl (C=O) groups is 1. The molecule has 20 heavy (non-hydrogen) atoms. The molecule has 0 spiro atoms. The SMILES string of the molecule is CC(C)N(CCc1nn[nH]n1)C(=O)C1C(C)(C)C1(C)C. The average Bonchev–Trinajstić information content (AvgIpc) is 2.73. The fourth-order valence-corrected chi connectivity index (χ4v) is 3.11. The standard InChI is InChI=1S/C14H25N5O/c1-9(2)19(8-7-10-15-17-18-16-10)12(20)11-13(3,4)14(11,5)6/h9,11H,7-8H2,1-6H3,(H,15,16,17,18). The molecule has 0 bridgehead atoms. The van der Waals surface area contributed by atoms with Crippen LogP contribution in [0.5, 0.6) is 0 Å². The number of amides is 1. The Bertz CT molecular complexity index is 464. The number of rotatable bonds is 5. The van der Waals surface area contributed by atoms with Gasteiger partial charge in [-0.15, -0.1) is 10.2 Å². The van der Waals surface area contributed by atoms with Gasteiger partial charge in [0.15, 0.2) is 5.82 Å². The molecule has 0 radical (unpaired) electrons. The first kappa shape index (κ1) is 14.9. The summed E-state index contributed by atoms with van der Waals surface area (Å²) in [6.45, 7) is 13.4. The number of aromatic nitrogens is 4. The highest BCUT2D eigenvalue weighted by Gasteiger charge is 2.68. The van der Waals surface area contributed by atoms with Crippen molar-refractivity contribution in [3.63, 3.8) is 0 Å². The van der Waals surface area contributed by atoms with Gasteiger partial charge >= 0.3 is 0 Å². The van der Waals surface area contributed by atoms with Crippen molar-refractivity contribution in [2.24, 2.45) is 16.7 Å². The molecule has 6 heteroatoms. The molecule has 1 aliphatic rings. The van der Waals surface area contributed by atoms with E-state index in [0.717, 1.165) is 0 Å². The maximum Gasteiger partial charge on any atom is 0.227 e. The Morgan fingerprint density at radius 2 is 1.90 bits per heavy atom. The van der Waals surface area contributed by atoms with Gasteiger partial charge in [0.05, 0.1) is 0 Å². The van der Waals surface area contributed by atoms with Crippen LogP contribution in [0, 0.1) is 16.7 Å². The van der Waals surface area contributed by atoms with E-state index in [9.17, 15) is 4.79 Å². The molecular weight excluding hydrogens is 254 g/mol. The van der Waals surface area contributed by atoms with E-state index in [1.165, 1.54) is 0 Å². The summed E-state index contributed by atoms with van der Waals surface area (Å²) in [7, 11) is 0. The lowest BCUT2D eigenvalue weighted by Crippen LogP contribution is -2.40. The quantitative estimate of drug-likeness (QED) is 0.889. The topological polar surface area (TPSA) is 74.8 Å². The smallest absolute Gasteiger partial charge is 0.227 e. The molecule has 2 rings (SSSR count). The molecule has 1 saturated carbocycles. The predicted octanol–water partition coefficient (Wildman–Crippen LogP) is 1.66. The van der Waals surface area contributed by atoms with Crippen molar-refractivity contribution >= 4 is 5.91 Å². The zero-order valence-electron chi connectivity index (χ0n) is 13.3. The van der Waals surface area contributed by atoms with Crippen LogP contribution in [0.15, 0.2) is 0 Å². The number of nitrogens with one attached hydrogen (secondary N) is 1. The molecule has 1 amide bonds. The molecule has 0 atom stereocenters. The summed E-state index contributed by atoms with van der Waals surface area (Å²) >= 11 is 0. The first-order valence-electron chi connectivity index (χ1n) is 7.22. The Kier molecular flexibility index (Phi) is 3.60. The van der Waals surface area contributed by atoms with E-state index in [1.807, 2.05) is 4.90 Å². The lowest BCUT2D eigenvalue weighted by Gasteiger charge is -2.27. The second-order valence-electron chi connectivity index (χ2n) is 7.08. The van der Waals surface area contributed by atoms with E-state index in [4.69, 9.17) is 0 Å². The first-order valence-corrected chi connectivity index (χ1v) is 7.22. The molecular formula is C14H25N5O. The molecule has 1 N–H and O–H groups in total. The second-order valence-corrected chi connectivity index (χ2v) is 7.08. The van der Waals surface area contributed by atoms with Gasteiger partial charge in [0, 0.05) is 24.9 Å². The number of carbonyl (C=O) groups excluding carboxylic acids is 1. The first-order chi connectivity index (χ1) is 9.19. The van der Waals surface area contributed by atoms with Gasteiger partial charge in [-0.1, -0.05) is 32.9 Å². The number of hydrogen-bond acceptors (Lipinski definition) is 4. The van der Waals surface area contributed by atoms with Crippen molar-refractivity contribution < 1.29 is 4.79 Å². The molecule has 1 aliphatic carbocycles. The summed E-state index contributed by atoms with van der Waals surface area (Å²) in [6.07, 6.45) is 0.633. The van der Waals surface area contributed by atoms with Crippen LogP contribution in [0.1, 0.15) is 47.4 Å². The zero-order chi connectivity index (χ0) is 15.1. The summed E-state index contributed by atoms with van der Waals surface area (Å²) in [6, 6.07) is 0.182. The van der Waals surface area contributed by atoms with E-state index >= 15 is 0 Å². The van der Waals surface area contributed by atoms with Crippen LogP contribution in [0.2, 0.25) is 0 Å². The molecule has 112 valence electrons. The minimum Gasteiger partial charge on any atom is -0.340 e. The third-order valence-corrected chi connectivity index (χ3v) is 5.14. The predicted molar refractivity (Wildman–Crippen MR) is 75.8 cm³/mol. The van der Waals surface area contributed by atoms with Crippen LogP contribution < -0.4 is 0 Å². The normalized spacial score (nSPS) is 20.1. The number of aromatic amines is 1. The molecule has 6 nitrogen and oxygen atoms in total. The fourth-order valence-electron chi connectivity index (χ4n) is 3.11. The Balaban J connectivity index is 2.04. The second kappa shape index (κ2) is 4.82. The molecule has 1 heterocycles. The number of hydrogen-bond donors (Lipinski definition) is 1. The van der Waals surface area contributed by atoms with E-state index in [0.29, 0.717) is 18.8 Å². The maximum atomic E-state index is 12.8. The number of tetrazole rings is 1. The Morgan fingerprint density at radius 3 is 2.30 bits per heavy atom. The van der Waals surface area contributed by atoms with Gasteiger partial charge in [-0.2, -0.15) is 5.21 Å². The number of H-pyrrole nitrogens is 1. The summed E-state index contributed by atoms with van der Waals surface area (Å²) in [5.41, 5.74) is 0.146. The van der Waals surface area contributed by atoms with Crippen LogP contribution in [-0.4, -0.2) is 44.0 Å². The highest BCUT2D eigenvalue weighted by Crippen LogP contribution is 2.68. The van der Waals surface area contributed by atoms with Crippen LogP contribution in [0.3, 0.4) is 0 Å². The summed E-state index contributed by atoms with van der Waals surface area (Å²) in [5, 5.41) is 13.9. The largest absolute Gasteiger partial charge is 0.340 e. The van der Waals surface area contributed by atoms with Crippen LogP contribution >= 0.6 is 0 Å². The van der Waals surface area contributed by atoms with E-state index in [1.54, 1.807) is 0 Å². The van der Waals surface area contributed by atoms with Crippen molar-refractivity contribution in [3.05, 3.63) is 5.82 Å². The van der Waals surface area contributed by atoms with Crippen LogP contribution in [-0.2, 0) is 11.2 Å². The molecule has 1 fully saturated rings. The van der Waals surface area contributed by atoms with Crippen LogP contribution in [0.25, 0.3) is 0 Å². The summed E-state index contributed by atoms with van der Waals surface area (Å²) < 4.78 is 0. The minimum atomic E-state index is 0.0728. The van der Waals surface area contributed by atoms with E-state index in [2.05, 4.69) is 62.2 Å². The van der Waals surface area contributed by atoms with Gasteiger partial charge in [0.1, 0.15) is 0 Å². The highest BCUT2D eigenvalue weighted by molar-refractivity contribution is 5.84. The van der Waals surface area contributed by atoms with Crippen molar-refractivity contribution in [1.82, 2.24) is 25.5 Å². The van der Waals surface area contributed by atoms with Gasteiger partial charge in [0.25, 0.3) is 0 Å². The minimum absolute atomic E-state index is 0.0728. The third-order valence-electron chi connectivity index (χ3n) is 5.14. The van der Waals surface area contributed by atoms with E-state index < -0.39 is 0 Å². The van der Waals surface area contributed by atoms with Gasteiger partial charge in [-0.05, 0) is 24.7 Å². The van der Waals surface area contributed by atoms with Gasteiger partial charge in [-0.3, -0.25) is 4.79 Å². The summed E-state index contributed by atoms with van der Waals surface area (Å²) in [4.78, 5) is 14.7. The molecule has 1 aromatic heterocycles. The lowest BCUT2D eigenvalue weighted by atomic mass is 10.0. The van der Waals surface area contributed by atoms with Gasteiger partial charge in [-0.25, -0.2) is 0 Å². The van der Waals surface area contributed by atoms with Crippen LogP contribution in [0.4, 0.5) is 0 Å². The van der Waals surface area contributed by atoms with Crippen molar-refractivity contribution in [1.29, 1.82) is 0 Å². The maximum absolute atomic E-state index is 12.8. The van der Waals surface area contributed by atoms with Crippen molar-refractivity contribution in [2.45, 2.75) is 54.0 Å². The molecule has 0 saturated heterocycles. The molecule has 0 unspecified atom stereocenters. The third kappa shape index (κ3) is 2.31. The van der Waals surface area contributed by atoms with Gasteiger partial charge < -0.3 is 4.90 Å². The van der Waals surface area contributed by atoms with Crippen molar-refractivity contribution in [3.8, 4) is 0 Å². The average molecular weight is 279 g/mol. The Labute approximate surface area is 120 Å². The molecule has 0 aromatic carbocycles. The van der Waals surface area contributed by atoms with Gasteiger partial charge in [0.2, 0.25) is 5.91 Å². The lowest BCUT2D eigenvalue weighted by molar-refractivity contribution is -0.135. The Morgan fingerprint density at radius 1 is 1.30 bits per heavy atom. The monoisotopic (exact) mass is 279 g/mol. The van der Waals surface area contributed by atoms with E-state index in [-0.39, 0.29) is 28.7 Å². The highest BCUT2D eigenvalue weighted by atomic mass is 16.2. The summed E-state index contributed by atoms with van der Waals surface area (Å²) in [5.74, 6) is 0.999. The zero-order valence-corrected chi connectivity index (χ0v) is 13.3. The number of nitrogens with zero attached hydrogens (tertiary/aromatic N) is 4. The Hall–Kier alpha value is -1.46. The fraction of sp³-hybridized carbons (Fsp3) is 0.857. The van der Waals surface area contributed by atoms with Crippen molar-refractivity contribution in [2.75, 3.05) is 6.54 Å². The molecule has 1 aromatic rings. The molecule has 0 aliphatic heterocycles.